The molecule has 0 unspecified atom stereocenters. The van der Waals surface area contributed by atoms with Gasteiger partial charge in [-0.05, 0) is 164 Å². The Hall–Kier alpha value is -3.53. The summed E-state index contributed by atoms with van der Waals surface area (Å²) in [6.45, 7) is 17.7. The van der Waals surface area contributed by atoms with Crippen LogP contribution in [0.2, 0.25) is 0 Å². The van der Waals surface area contributed by atoms with Crippen LogP contribution in [0, 0.1) is 0 Å². The first-order valence-corrected chi connectivity index (χ1v) is 22.5. The van der Waals surface area contributed by atoms with E-state index in [2.05, 4.69) is 76.8 Å². The highest BCUT2D eigenvalue weighted by molar-refractivity contribution is 8.26. The third kappa shape index (κ3) is 7.46. The standard InChI is InChI=1S/C23H22Cl2O2.C23H24O4.Cl2OS/c1-21(2)11-23(17-9-13(19(24)26)5-7-15(17)21)12-22(3,4)16-8-6-14(20(25)27)10-18(16)23;1-21(2)11-23(17-9-13(19(24)25)5-7-15(17)21)12-22(3,4)16-8-6-14(20(26)27)10-18(16)23;1-4(2)3/h5-10H,11-12H2,1-4H3;5-10H,11-12H2,1-4H3,(H,24,25)(H,26,27);. The summed E-state index contributed by atoms with van der Waals surface area (Å²) in [5.74, 6) is -1.87. The highest BCUT2D eigenvalue weighted by Crippen LogP contribution is 2.64. The third-order valence-electron chi connectivity index (χ3n) is 13.0. The zero-order valence-corrected chi connectivity index (χ0v) is 37.5. The Morgan fingerprint density at radius 3 is 0.862 bits per heavy atom. The van der Waals surface area contributed by atoms with Crippen molar-refractivity contribution in [2.24, 2.45) is 0 Å². The van der Waals surface area contributed by atoms with E-state index in [9.17, 15) is 29.4 Å². The topological polar surface area (TPSA) is 126 Å². The molecule has 0 heterocycles. The Kier molecular flexibility index (Phi) is 11.3. The third-order valence-corrected chi connectivity index (χ3v) is 13.4. The summed E-state index contributed by atoms with van der Waals surface area (Å²) in [4.78, 5) is 46.9. The van der Waals surface area contributed by atoms with Crippen molar-refractivity contribution in [1.82, 2.24) is 0 Å². The molecule has 306 valence electrons. The van der Waals surface area contributed by atoms with Crippen LogP contribution in [-0.2, 0) is 41.7 Å². The summed E-state index contributed by atoms with van der Waals surface area (Å²) in [6, 6.07) is 22.5. The number of halogens is 4. The van der Waals surface area contributed by atoms with Crippen molar-refractivity contribution >= 4 is 76.2 Å². The Bertz CT molecular complexity index is 2120. The summed E-state index contributed by atoms with van der Waals surface area (Å²) in [6.07, 6.45) is 3.53. The number of fused-ring (bicyclic) bond motifs is 8. The number of hydrogen-bond donors (Lipinski definition) is 2. The van der Waals surface area contributed by atoms with Crippen molar-refractivity contribution < 1.29 is 33.6 Å². The molecule has 0 saturated heterocycles. The average molecular weight is 885 g/mol. The van der Waals surface area contributed by atoms with E-state index in [1.807, 2.05) is 60.7 Å². The molecule has 0 aromatic heterocycles. The molecule has 4 aromatic carbocycles. The SMILES string of the molecule is CC1(C)CC2(CC(C)(C)c3ccc(C(=O)Cl)cc32)c2cc(C(=O)Cl)ccc21.CC1(C)CC2(CC(C)(C)c3ccc(C(=O)O)cc32)c2cc(C(=O)O)ccc21.O=S(Cl)Cl. The number of hydrogen-bond acceptors (Lipinski definition) is 5. The second-order valence-corrected chi connectivity index (χ2v) is 22.0. The largest absolute Gasteiger partial charge is 0.478 e. The quantitative estimate of drug-likeness (QED) is 0.195. The van der Waals surface area contributed by atoms with Gasteiger partial charge in [-0.15, -0.1) is 0 Å². The molecule has 2 spiro atoms. The number of carbonyl (C=O) groups excluding carboxylic acids is 2. The Balaban J connectivity index is 0.000000179. The van der Waals surface area contributed by atoms with Gasteiger partial charge in [0.05, 0.1) is 11.1 Å². The zero-order chi connectivity index (χ0) is 43.1. The van der Waals surface area contributed by atoms with E-state index in [0.717, 1.165) is 59.1 Å². The van der Waals surface area contributed by atoms with Crippen LogP contribution < -0.4 is 0 Å². The molecular weight excluding hydrogens is 838 g/mol. The Labute approximate surface area is 360 Å². The van der Waals surface area contributed by atoms with Crippen LogP contribution in [0.3, 0.4) is 0 Å². The molecule has 4 aromatic rings. The first-order chi connectivity index (χ1) is 26.7. The molecule has 0 radical (unpaired) electrons. The molecular formula is C46H46Cl4O7S. The molecule has 0 bridgehead atoms. The molecule has 0 fully saturated rings. The van der Waals surface area contributed by atoms with E-state index in [-0.39, 0.29) is 43.6 Å². The molecule has 4 aliphatic rings. The number of carbonyl (C=O) groups is 4. The van der Waals surface area contributed by atoms with Gasteiger partial charge < -0.3 is 10.2 Å². The van der Waals surface area contributed by atoms with Gasteiger partial charge in [-0.2, -0.15) is 0 Å². The van der Waals surface area contributed by atoms with Crippen molar-refractivity contribution in [3.8, 4) is 0 Å². The van der Waals surface area contributed by atoms with E-state index in [1.165, 1.54) is 11.1 Å². The summed E-state index contributed by atoms with van der Waals surface area (Å²) in [7, 11) is 7.36. The lowest BCUT2D eigenvalue weighted by Crippen LogP contribution is -2.27. The lowest BCUT2D eigenvalue weighted by atomic mass is 9.72. The maximum atomic E-state index is 11.8. The fraction of sp³-hybridized carbons (Fsp3) is 0.391. The maximum absolute atomic E-state index is 11.8. The number of benzene rings is 4. The highest BCUT2D eigenvalue weighted by Gasteiger charge is 2.58. The van der Waals surface area contributed by atoms with Crippen LogP contribution in [0.5, 0.6) is 0 Å². The van der Waals surface area contributed by atoms with Gasteiger partial charge in [0.1, 0.15) is 0 Å². The van der Waals surface area contributed by atoms with E-state index in [1.54, 1.807) is 12.1 Å². The maximum Gasteiger partial charge on any atom is 0.335 e. The van der Waals surface area contributed by atoms with Crippen molar-refractivity contribution in [2.45, 2.75) is 114 Å². The number of carboxylic acid groups (broad SMARTS) is 2. The van der Waals surface area contributed by atoms with Crippen LogP contribution in [-0.4, -0.2) is 36.8 Å². The van der Waals surface area contributed by atoms with Gasteiger partial charge in [-0.1, -0.05) is 79.7 Å². The summed E-state index contributed by atoms with van der Waals surface area (Å²) >= 11 is 11.6. The van der Waals surface area contributed by atoms with Gasteiger partial charge in [0.15, 0.2) is 0 Å². The second kappa shape index (κ2) is 14.9. The first kappa shape index (κ1) is 44.0. The van der Waals surface area contributed by atoms with Crippen molar-refractivity contribution in [2.75, 3.05) is 0 Å². The molecule has 8 rings (SSSR count). The summed E-state index contributed by atoms with van der Waals surface area (Å²) < 4.78 is 9.09. The van der Waals surface area contributed by atoms with Gasteiger partial charge in [-0.25, -0.2) is 13.8 Å². The highest BCUT2D eigenvalue weighted by atomic mass is 36.0. The van der Waals surface area contributed by atoms with Crippen molar-refractivity contribution in [3.05, 3.63) is 140 Å². The monoisotopic (exact) mass is 882 g/mol. The predicted octanol–water partition coefficient (Wildman–Crippen LogP) is 11.9. The minimum Gasteiger partial charge on any atom is -0.478 e. The van der Waals surface area contributed by atoms with Crippen molar-refractivity contribution in [1.29, 1.82) is 0 Å². The molecule has 4 aliphatic carbocycles. The Morgan fingerprint density at radius 1 is 0.448 bits per heavy atom. The van der Waals surface area contributed by atoms with Crippen LogP contribution in [0.4, 0.5) is 0 Å². The van der Waals surface area contributed by atoms with Gasteiger partial charge in [0, 0.05) is 43.3 Å². The number of aromatic carboxylic acids is 2. The Morgan fingerprint density at radius 2 is 0.655 bits per heavy atom. The zero-order valence-electron chi connectivity index (χ0n) is 33.6. The van der Waals surface area contributed by atoms with Gasteiger partial charge in [0.2, 0.25) is 9.23 Å². The van der Waals surface area contributed by atoms with Gasteiger partial charge in [0.25, 0.3) is 10.5 Å². The lowest BCUT2D eigenvalue weighted by molar-refractivity contribution is 0.0686. The van der Waals surface area contributed by atoms with Crippen LogP contribution in [0.1, 0.15) is 167 Å². The first-order valence-electron chi connectivity index (χ1n) is 18.9. The average Bonchev–Trinajstić information content (AvgIpc) is 3.68. The number of rotatable bonds is 4. The predicted molar refractivity (Wildman–Crippen MR) is 232 cm³/mol. The second-order valence-electron chi connectivity index (χ2n) is 18.8. The summed E-state index contributed by atoms with van der Waals surface area (Å²) in [5, 5.41) is 18.1. The van der Waals surface area contributed by atoms with E-state index in [4.69, 9.17) is 27.4 Å². The molecule has 0 atom stereocenters. The molecule has 2 N–H and O–H groups in total. The fourth-order valence-corrected chi connectivity index (χ4v) is 11.4. The molecule has 0 saturated carbocycles. The molecule has 12 heteroatoms. The normalized spacial score (nSPS) is 19.5. The van der Waals surface area contributed by atoms with E-state index in [0.29, 0.717) is 11.1 Å². The van der Waals surface area contributed by atoms with Crippen LogP contribution in [0.25, 0.3) is 0 Å². The van der Waals surface area contributed by atoms with Crippen LogP contribution in [0.15, 0.2) is 72.8 Å². The number of carboxylic acids is 2. The fourth-order valence-electron chi connectivity index (χ4n) is 11.2. The van der Waals surface area contributed by atoms with E-state index >= 15 is 0 Å². The lowest BCUT2D eigenvalue weighted by Gasteiger charge is -2.30. The van der Waals surface area contributed by atoms with Gasteiger partial charge in [-0.3, -0.25) is 9.59 Å². The van der Waals surface area contributed by atoms with Gasteiger partial charge >= 0.3 is 11.9 Å². The minimum atomic E-state index is -1.67. The minimum absolute atomic E-state index is 0.0398. The molecule has 0 amide bonds. The van der Waals surface area contributed by atoms with E-state index < -0.39 is 31.7 Å². The smallest absolute Gasteiger partial charge is 0.335 e. The molecule has 58 heavy (non-hydrogen) atoms. The molecule has 7 nitrogen and oxygen atoms in total. The molecule has 0 aliphatic heterocycles. The summed E-state index contributed by atoms with van der Waals surface area (Å²) in [5.41, 5.74) is 9.93. The van der Waals surface area contributed by atoms with Crippen molar-refractivity contribution in [3.63, 3.8) is 0 Å². The van der Waals surface area contributed by atoms with Crippen LogP contribution >= 0.6 is 44.6 Å².